The van der Waals surface area contributed by atoms with E-state index in [1.54, 1.807) is 0 Å². The molecule has 0 fully saturated rings. The number of rotatable bonds is 4. The zero-order valence-corrected chi connectivity index (χ0v) is 7.39. The van der Waals surface area contributed by atoms with Crippen molar-refractivity contribution in [3.8, 4) is 0 Å². The van der Waals surface area contributed by atoms with E-state index in [9.17, 15) is 4.57 Å². The van der Waals surface area contributed by atoms with E-state index in [-0.39, 0.29) is 6.61 Å². The second-order valence-corrected chi connectivity index (χ2v) is 3.53. The lowest BCUT2D eigenvalue weighted by atomic mass is 10.9. The van der Waals surface area contributed by atoms with Gasteiger partial charge in [-0.25, -0.2) is 4.57 Å². The largest absolute Gasteiger partial charge is 0.471 e. The first-order valence-electron chi connectivity index (χ1n) is 2.21. The maximum absolute atomic E-state index is 10.4. The van der Waals surface area contributed by atoms with Crippen LogP contribution in [0.3, 0.4) is 0 Å². The molecule has 0 aliphatic rings. The van der Waals surface area contributed by atoms with Gasteiger partial charge in [-0.3, -0.25) is 9.05 Å². The summed E-state index contributed by atoms with van der Waals surface area (Å²) in [6, 6.07) is 0. The van der Waals surface area contributed by atoms with Gasteiger partial charge in [0.1, 0.15) is 0 Å². The van der Waals surface area contributed by atoms with Crippen LogP contribution in [-0.4, -0.2) is 23.9 Å². The summed E-state index contributed by atoms with van der Waals surface area (Å²) < 4.78 is 18.9. The number of halogens is 1. The van der Waals surface area contributed by atoms with Gasteiger partial charge < -0.3 is 4.89 Å². The monoisotopic (exact) mass is 218 g/mol. The molecule has 1 N–H and O–H groups in total. The van der Waals surface area contributed by atoms with Crippen molar-refractivity contribution in [2.24, 2.45) is 0 Å². The lowest BCUT2D eigenvalue weighted by molar-refractivity contribution is 0.182. The van der Waals surface area contributed by atoms with Crippen molar-refractivity contribution in [3.63, 3.8) is 0 Å². The molecule has 0 aliphatic carbocycles. The van der Waals surface area contributed by atoms with Crippen LogP contribution in [0.15, 0.2) is 0 Å². The Morgan fingerprint density at radius 3 is 2.67 bits per heavy atom. The van der Waals surface area contributed by atoms with Gasteiger partial charge in [-0.15, -0.1) is 0 Å². The lowest BCUT2D eigenvalue weighted by Crippen LogP contribution is -1.94. The maximum atomic E-state index is 10.4. The maximum Gasteiger partial charge on any atom is 0.471 e. The summed E-state index contributed by atoms with van der Waals surface area (Å²) in [5.74, 6) is 0. The molecule has 0 aromatic carbocycles. The fraction of sp³-hybridized carbons (Fsp3) is 1.00. The molecular weight excluding hydrogens is 211 g/mol. The van der Waals surface area contributed by atoms with Crippen LogP contribution in [0.2, 0.25) is 0 Å². The van der Waals surface area contributed by atoms with Crippen molar-refractivity contribution < 1.29 is 18.5 Å². The zero-order valence-electron chi connectivity index (χ0n) is 4.91. The molecule has 56 valence electrons. The molecule has 9 heavy (non-hydrogen) atoms. The Labute approximate surface area is 61.9 Å². The van der Waals surface area contributed by atoms with Gasteiger partial charge in [0.15, 0.2) is 0 Å². The Hall–Kier alpha value is 0.590. The minimum Gasteiger partial charge on any atom is -0.303 e. The predicted octanol–water partition coefficient (Wildman–Crippen LogP) is 1.14. The van der Waals surface area contributed by atoms with Crippen LogP contribution < -0.4 is 0 Å². The van der Waals surface area contributed by atoms with Gasteiger partial charge in [0.05, 0.1) is 6.61 Å². The summed E-state index contributed by atoms with van der Waals surface area (Å²) in [6.07, 6.45) is 0. The molecule has 0 amide bonds. The number of hydrogen-bond donors (Lipinski definition) is 1. The number of hydrogen-bond acceptors (Lipinski definition) is 3. The third-order valence-electron chi connectivity index (χ3n) is 0.562. The normalized spacial score (nSPS) is 17.2. The minimum atomic E-state index is -3.72. The molecule has 1 atom stereocenters. The van der Waals surface area contributed by atoms with Gasteiger partial charge in [0.2, 0.25) is 0 Å². The first-order valence-corrected chi connectivity index (χ1v) is 4.83. The summed E-state index contributed by atoms with van der Waals surface area (Å²) in [4.78, 5) is 8.54. The van der Waals surface area contributed by atoms with Gasteiger partial charge in [0, 0.05) is 12.4 Å². The summed E-state index contributed by atoms with van der Waals surface area (Å²) in [6.45, 7) is 0.168. The molecule has 6 heteroatoms. The SMILES string of the molecule is COP(=O)(O)OCCBr. The van der Waals surface area contributed by atoms with E-state index in [4.69, 9.17) is 4.89 Å². The molecule has 0 rings (SSSR count). The average molecular weight is 219 g/mol. The molecule has 0 saturated carbocycles. The Morgan fingerprint density at radius 1 is 1.78 bits per heavy atom. The van der Waals surface area contributed by atoms with Crippen LogP contribution in [-0.2, 0) is 13.6 Å². The molecule has 0 radical (unpaired) electrons. The van der Waals surface area contributed by atoms with Gasteiger partial charge in [-0.05, 0) is 0 Å². The highest BCUT2D eigenvalue weighted by atomic mass is 79.9. The van der Waals surface area contributed by atoms with Crippen molar-refractivity contribution in [2.45, 2.75) is 0 Å². The minimum absolute atomic E-state index is 0.168. The zero-order chi connectivity index (χ0) is 7.33. The van der Waals surface area contributed by atoms with Crippen LogP contribution in [0.1, 0.15) is 0 Å². The van der Waals surface area contributed by atoms with E-state index in [0.717, 1.165) is 7.11 Å². The highest BCUT2D eigenvalue weighted by molar-refractivity contribution is 9.09. The Kier molecular flexibility index (Phi) is 4.70. The first kappa shape index (κ1) is 9.59. The predicted molar refractivity (Wildman–Crippen MR) is 36.6 cm³/mol. The first-order chi connectivity index (χ1) is 4.12. The topological polar surface area (TPSA) is 55.8 Å². The standard InChI is InChI=1S/C3H8BrO4P/c1-7-9(5,6)8-3-2-4/h2-3H2,1H3,(H,5,6). The summed E-state index contributed by atoms with van der Waals surface area (Å²) >= 11 is 3.02. The Bertz CT molecular complexity index is 116. The fourth-order valence-corrected chi connectivity index (χ4v) is 1.04. The van der Waals surface area contributed by atoms with Crippen molar-refractivity contribution >= 4 is 23.8 Å². The summed E-state index contributed by atoms with van der Waals surface area (Å²) in [5.41, 5.74) is 0. The van der Waals surface area contributed by atoms with Crippen LogP contribution in [0.4, 0.5) is 0 Å². The number of phosphoric ester groups is 1. The number of alkyl halides is 1. The Morgan fingerprint density at radius 2 is 2.33 bits per heavy atom. The van der Waals surface area contributed by atoms with E-state index in [2.05, 4.69) is 25.0 Å². The van der Waals surface area contributed by atoms with E-state index >= 15 is 0 Å². The summed E-state index contributed by atoms with van der Waals surface area (Å²) in [5, 5.41) is 0.515. The van der Waals surface area contributed by atoms with Gasteiger partial charge in [-0.1, -0.05) is 15.9 Å². The quantitative estimate of drug-likeness (QED) is 0.569. The van der Waals surface area contributed by atoms with Crippen LogP contribution >= 0.6 is 23.8 Å². The molecule has 0 saturated heterocycles. The van der Waals surface area contributed by atoms with Crippen molar-refractivity contribution in [1.82, 2.24) is 0 Å². The molecule has 0 bridgehead atoms. The van der Waals surface area contributed by atoms with Crippen LogP contribution in [0.25, 0.3) is 0 Å². The molecule has 0 aromatic rings. The molecule has 0 heterocycles. The van der Waals surface area contributed by atoms with E-state index < -0.39 is 7.82 Å². The molecule has 0 aromatic heterocycles. The molecular formula is C3H8BrO4P. The molecule has 0 aliphatic heterocycles. The highest BCUT2D eigenvalue weighted by Gasteiger charge is 2.16. The van der Waals surface area contributed by atoms with Gasteiger partial charge >= 0.3 is 7.82 Å². The van der Waals surface area contributed by atoms with Crippen LogP contribution in [0, 0.1) is 0 Å². The molecule has 4 nitrogen and oxygen atoms in total. The van der Waals surface area contributed by atoms with Gasteiger partial charge in [-0.2, -0.15) is 0 Å². The van der Waals surface area contributed by atoms with Crippen LogP contribution in [0.5, 0.6) is 0 Å². The van der Waals surface area contributed by atoms with Crippen molar-refractivity contribution in [2.75, 3.05) is 19.0 Å². The van der Waals surface area contributed by atoms with E-state index in [1.165, 1.54) is 0 Å². The van der Waals surface area contributed by atoms with E-state index in [1.807, 2.05) is 0 Å². The van der Waals surface area contributed by atoms with Gasteiger partial charge in [0.25, 0.3) is 0 Å². The van der Waals surface area contributed by atoms with Crippen molar-refractivity contribution in [3.05, 3.63) is 0 Å². The van der Waals surface area contributed by atoms with Crippen molar-refractivity contribution in [1.29, 1.82) is 0 Å². The second-order valence-electron chi connectivity index (χ2n) is 1.17. The smallest absolute Gasteiger partial charge is 0.303 e. The Balaban J connectivity index is 3.46. The molecule has 0 spiro atoms. The third-order valence-corrected chi connectivity index (χ3v) is 1.86. The third kappa shape index (κ3) is 5.06. The number of phosphoric acid groups is 1. The average Bonchev–Trinajstić information content (AvgIpc) is 1.84. The molecule has 1 unspecified atom stereocenters. The van der Waals surface area contributed by atoms with E-state index in [0.29, 0.717) is 5.33 Å². The highest BCUT2D eigenvalue weighted by Crippen LogP contribution is 2.41. The second kappa shape index (κ2) is 4.41. The lowest BCUT2D eigenvalue weighted by Gasteiger charge is -2.06. The summed E-state index contributed by atoms with van der Waals surface area (Å²) in [7, 11) is -2.60. The fourth-order valence-electron chi connectivity index (χ4n) is 0.203.